The van der Waals surface area contributed by atoms with E-state index >= 15 is 0 Å². The summed E-state index contributed by atoms with van der Waals surface area (Å²) in [6.45, 7) is 3.55. The monoisotopic (exact) mass is 343 g/mol. The maximum absolute atomic E-state index is 12.7. The summed E-state index contributed by atoms with van der Waals surface area (Å²) in [5.41, 5.74) is 2.78. The summed E-state index contributed by atoms with van der Waals surface area (Å²) < 4.78 is 1.20. The van der Waals surface area contributed by atoms with E-state index in [0.717, 1.165) is 12.2 Å². The SMILES string of the molecule is Cc1ccccc1C1CCN(C(=O)c2ccc(=O)n(C)n2)CCS1. The first-order valence-corrected chi connectivity index (χ1v) is 9.12. The Kier molecular flexibility index (Phi) is 5.04. The minimum absolute atomic E-state index is 0.100. The molecule has 3 rings (SSSR count). The van der Waals surface area contributed by atoms with E-state index < -0.39 is 0 Å². The molecule has 0 aliphatic carbocycles. The highest BCUT2D eigenvalue weighted by Gasteiger charge is 2.24. The minimum atomic E-state index is -0.211. The van der Waals surface area contributed by atoms with Crippen molar-refractivity contribution in [2.24, 2.45) is 7.05 Å². The maximum atomic E-state index is 12.7. The minimum Gasteiger partial charge on any atom is -0.336 e. The molecule has 1 fully saturated rings. The second-order valence-corrected chi connectivity index (χ2v) is 7.29. The van der Waals surface area contributed by atoms with Crippen molar-refractivity contribution in [3.05, 3.63) is 63.6 Å². The van der Waals surface area contributed by atoms with Crippen molar-refractivity contribution in [3.63, 3.8) is 0 Å². The molecule has 1 aliphatic heterocycles. The molecule has 1 atom stereocenters. The number of thioether (sulfide) groups is 1. The van der Waals surface area contributed by atoms with Crippen molar-refractivity contribution in [2.75, 3.05) is 18.8 Å². The number of aryl methyl sites for hydroxylation is 2. The number of rotatable bonds is 2. The zero-order valence-corrected chi connectivity index (χ0v) is 14.8. The molecule has 6 heteroatoms. The molecule has 0 radical (unpaired) electrons. The lowest BCUT2D eigenvalue weighted by Gasteiger charge is -2.20. The molecule has 1 amide bonds. The molecule has 1 saturated heterocycles. The fourth-order valence-corrected chi connectivity index (χ4v) is 4.27. The third-order valence-electron chi connectivity index (χ3n) is 4.34. The van der Waals surface area contributed by atoms with E-state index in [1.807, 2.05) is 16.7 Å². The molecule has 2 aromatic rings. The van der Waals surface area contributed by atoms with Crippen molar-refractivity contribution in [1.82, 2.24) is 14.7 Å². The number of carbonyl (C=O) groups excluding carboxylic acids is 1. The molecule has 0 spiro atoms. The smallest absolute Gasteiger partial charge is 0.274 e. The van der Waals surface area contributed by atoms with E-state index in [1.54, 1.807) is 7.05 Å². The normalized spacial score (nSPS) is 18.2. The Balaban J connectivity index is 1.73. The van der Waals surface area contributed by atoms with Crippen LogP contribution in [0.4, 0.5) is 0 Å². The van der Waals surface area contributed by atoms with Gasteiger partial charge in [-0.15, -0.1) is 0 Å². The van der Waals surface area contributed by atoms with Crippen LogP contribution in [0, 0.1) is 6.92 Å². The van der Waals surface area contributed by atoms with Gasteiger partial charge in [0.25, 0.3) is 11.5 Å². The van der Waals surface area contributed by atoms with Gasteiger partial charge in [-0.1, -0.05) is 24.3 Å². The third kappa shape index (κ3) is 3.53. The van der Waals surface area contributed by atoms with Gasteiger partial charge >= 0.3 is 0 Å². The van der Waals surface area contributed by atoms with Crippen LogP contribution >= 0.6 is 11.8 Å². The first kappa shape index (κ1) is 16.8. The fraction of sp³-hybridized carbons (Fsp3) is 0.389. The summed E-state index contributed by atoms with van der Waals surface area (Å²) in [4.78, 5) is 25.9. The van der Waals surface area contributed by atoms with Gasteiger partial charge in [0.05, 0.1) is 0 Å². The molecule has 1 aliphatic rings. The second-order valence-electron chi connectivity index (χ2n) is 5.98. The van der Waals surface area contributed by atoms with E-state index in [-0.39, 0.29) is 11.5 Å². The van der Waals surface area contributed by atoms with E-state index in [9.17, 15) is 9.59 Å². The molecule has 126 valence electrons. The predicted octanol–water partition coefficient (Wildman–Crippen LogP) is 2.41. The number of benzene rings is 1. The first-order valence-electron chi connectivity index (χ1n) is 8.07. The summed E-state index contributed by atoms with van der Waals surface area (Å²) in [6.07, 6.45) is 0.924. The van der Waals surface area contributed by atoms with Crippen LogP contribution in [0.15, 0.2) is 41.2 Å². The molecule has 1 aromatic carbocycles. The quantitative estimate of drug-likeness (QED) is 0.840. The molecule has 0 N–H and O–H groups in total. The van der Waals surface area contributed by atoms with Gasteiger partial charge < -0.3 is 4.90 Å². The number of aromatic nitrogens is 2. The molecular weight excluding hydrogens is 322 g/mol. The van der Waals surface area contributed by atoms with Gasteiger partial charge in [0.2, 0.25) is 0 Å². The lowest BCUT2D eigenvalue weighted by atomic mass is 10.0. The number of carbonyl (C=O) groups is 1. The molecule has 0 saturated carbocycles. The lowest BCUT2D eigenvalue weighted by Crippen LogP contribution is -2.35. The van der Waals surface area contributed by atoms with Crippen molar-refractivity contribution in [3.8, 4) is 0 Å². The van der Waals surface area contributed by atoms with Crippen LogP contribution < -0.4 is 5.56 Å². The zero-order valence-electron chi connectivity index (χ0n) is 13.9. The van der Waals surface area contributed by atoms with Crippen LogP contribution in [-0.4, -0.2) is 39.4 Å². The highest BCUT2D eigenvalue weighted by Crippen LogP contribution is 2.36. The molecule has 5 nitrogen and oxygen atoms in total. The first-order chi connectivity index (χ1) is 11.6. The van der Waals surface area contributed by atoms with E-state index in [0.29, 0.717) is 24.0 Å². The van der Waals surface area contributed by atoms with E-state index in [4.69, 9.17) is 0 Å². The number of nitrogens with zero attached hydrogens (tertiary/aromatic N) is 3. The van der Waals surface area contributed by atoms with Crippen LogP contribution in [0.25, 0.3) is 0 Å². The standard InChI is InChI=1S/C18H21N3O2S/c1-13-5-3-4-6-14(13)16-9-10-21(11-12-24-16)18(23)15-7-8-17(22)20(2)19-15/h3-8,16H,9-12H2,1-2H3. The van der Waals surface area contributed by atoms with Crippen molar-refractivity contribution in [1.29, 1.82) is 0 Å². The molecular formula is C18H21N3O2S. The number of hydrogen-bond donors (Lipinski definition) is 0. The Morgan fingerprint density at radius 3 is 2.75 bits per heavy atom. The topological polar surface area (TPSA) is 55.2 Å². The summed E-state index contributed by atoms with van der Waals surface area (Å²) in [5.74, 6) is 0.799. The van der Waals surface area contributed by atoms with Crippen LogP contribution in [0.3, 0.4) is 0 Å². The third-order valence-corrected chi connectivity index (χ3v) is 5.65. The van der Waals surface area contributed by atoms with Gasteiger partial charge in [-0.25, -0.2) is 4.68 Å². The van der Waals surface area contributed by atoms with Crippen LogP contribution in [0.1, 0.15) is 33.3 Å². The zero-order chi connectivity index (χ0) is 17.1. The average Bonchev–Trinajstić information content (AvgIpc) is 2.83. The highest BCUT2D eigenvalue weighted by molar-refractivity contribution is 7.99. The van der Waals surface area contributed by atoms with Crippen LogP contribution in [0.5, 0.6) is 0 Å². The second kappa shape index (κ2) is 7.21. The predicted molar refractivity (Wildman–Crippen MR) is 96.4 cm³/mol. The van der Waals surface area contributed by atoms with Gasteiger partial charge in [-0.2, -0.15) is 16.9 Å². The molecule has 1 aromatic heterocycles. The number of amides is 1. The average molecular weight is 343 g/mol. The van der Waals surface area contributed by atoms with Gasteiger partial charge in [0.15, 0.2) is 0 Å². The van der Waals surface area contributed by atoms with Crippen molar-refractivity contribution in [2.45, 2.75) is 18.6 Å². The van der Waals surface area contributed by atoms with E-state index in [1.165, 1.54) is 27.9 Å². The molecule has 2 heterocycles. The summed E-state index contributed by atoms with van der Waals surface area (Å²) in [5, 5.41) is 4.49. The van der Waals surface area contributed by atoms with E-state index in [2.05, 4.69) is 36.3 Å². The van der Waals surface area contributed by atoms with Gasteiger partial charge in [0.1, 0.15) is 5.69 Å². The Hall–Kier alpha value is -2.08. The van der Waals surface area contributed by atoms with Crippen LogP contribution in [-0.2, 0) is 7.05 Å². The van der Waals surface area contributed by atoms with Crippen LogP contribution in [0.2, 0.25) is 0 Å². The molecule has 24 heavy (non-hydrogen) atoms. The summed E-state index contributed by atoms with van der Waals surface area (Å²) in [7, 11) is 1.56. The number of hydrogen-bond acceptors (Lipinski definition) is 4. The molecule has 1 unspecified atom stereocenters. The Bertz CT molecular complexity index is 803. The fourth-order valence-electron chi connectivity index (χ4n) is 2.95. The van der Waals surface area contributed by atoms with Crippen molar-refractivity contribution >= 4 is 17.7 Å². The Labute approximate surface area is 145 Å². The van der Waals surface area contributed by atoms with Gasteiger partial charge in [0, 0.05) is 37.2 Å². The Morgan fingerprint density at radius 1 is 1.21 bits per heavy atom. The maximum Gasteiger partial charge on any atom is 0.274 e. The Morgan fingerprint density at radius 2 is 2.00 bits per heavy atom. The largest absolute Gasteiger partial charge is 0.336 e. The summed E-state index contributed by atoms with van der Waals surface area (Å²) in [6, 6.07) is 11.4. The van der Waals surface area contributed by atoms with Gasteiger partial charge in [-0.05, 0) is 30.5 Å². The van der Waals surface area contributed by atoms with Crippen molar-refractivity contribution < 1.29 is 4.79 Å². The lowest BCUT2D eigenvalue weighted by molar-refractivity contribution is 0.0758. The summed E-state index contributed by atoms with van der Waals surface area (Å²) >= 11 is 1.90. The van der Waals surface area contributed by atoms with Gasteiger partial charge in [-0.3, -0.25) is 9.59 Å². The molecule has 0 bridgehead atoms. The highest BCUT2D eigenvalue weighted by atomic mass is 32.2.